The van der Waals surface area contributed by atoms with Crippen LogP contribution in [0.4, 0.5) is 5.69 Å². The number of ether oxygens (including phenoxy) is 3. The number of morpholine rings is 1. The lowest BCUT2D eigenvalue weighted by Crippen LogP contribution is -2.44. The molecule has 154 valence electrons. The molecule has 2 aliphatic rings. The van der Waals surface area contributed by atoms with Crippen molar-refractivity contribution in [1.29, 1.82) is 0 Å². The normalized spacial score (nSPS) is 19.7. The number of methoxy groups -OCH3 is 1. The maximum Gasteiger partial charge on any atom is 0.319 e. The summed E-state index contributed by atoms with van der Waals surface area (Å²) in [5.74, 6) is 0.498. The first kappa shape index (κ1) is 19.4. The molecule has 29 heavy (non-hydrogen) atoms. The third-order valence-electron chi connectivity index (χ3n) is 5.23. The van der Waals surface area contributed by atoms with E-state index in [1.54, 1.807) is 12.3 Å². The molecule has 0 aliphatic carbocycles. The Bertz CT molecular complexity index is 824. The standard InChI is InChI=1S/C21H26N4O4/c1-27-21-22-9-8-19(23-21)29-18-3-2-10-25(15-18)20(26)16-4-6-17(7-5-16)24-11-13-28-14-12-24/h4-9,18H,2-3,10-15H2,1H3. The third-order valence-corrected chi connectivity index (χ3v) is 5.23. The predicted molar refractivity (Wildman–Crippen MR) is 108 cm³/mol. The van der Waals surface area contributed by atoms with Gasteiger partial charge in [0.05, 0.1) is 26.9 Å². The summed E-state index contributed by atoms with van der Waals surface area (Å²) in [6.45, 7) is 4.52. The van der Waals surface area contributed by atoms with Crippen molar-refractivity contribution in [3.63, 3.8) is 0 Å². The Morgan fingerprint density at radius 1 is 1.14 bits per heavy atom. The zero-order valence-corrected chi connectivity index (χ0v) is 16.6. The van der Waals surface area contributed by atoms with Crippen LogP contribution in [0.15, 0.2) is 36.5 Å². The Morgan fingerprint density at radius 3 is 2.69 bits per heavy atom. The van der Waals surface area contributed by atoms with Gasteiger partial charge in [-0.2, -0.15) is 4.98 Å². The van der Waals surface area contributed by atoms with Crippen LogP contribution < -0.4 is 14.4 Å². The van der Waals surface area contributed by atoms with E-state index < -0.39 is 0 Å². The summed E-state index contributed by atoms with van der Waals surface area (Å²) in [5, 5.41) is 0. The highest BCUT2D eigenvalue weighted by atomic mass is 16.5. The average Bonchev–Trinajstić information content (AvgIpc) is 2.79. The molecule has 0 saturated carbocycles. The fraction of sp³-hybridized carbons (Fsp3) is 0.476. The lowest BCUT2D eigenvalue weighted by Gasteiger charge is -2.33. The molecule has 2 fully saturated rings. The summed E-state index contributed by atoms with van der Waals surface area (Å²) in [7, 11) is 1.52. The number of piperidine rings is 1. The second kappa shape index (κ2) is 9.09. The molecule has 2 saturated heterocycles. The van der Waals surface area contributed by atoms with Crippen LogP contribution in [0, 0.1) is 0 Å². The number of nitrogens with zero attached hydrogens (tertiary/aromatic N) is 4. The molecule has 1 unspecified atom stereocenters. The highest BCUT2D eigenvalue weighted by Crippen LogP contribution is 2.21. The minimum absolute atomic E-state index is 0.0343. The summed E-state index contributed by atoms with van der Waals surface area (Å²) in [5.41, 5.74) is 1.83. The monoisotopic (exact) mass is 398 g/mol. The number of hydrogen-bond donors (Lipinski definition) is 0. The Morgan fingerprint density at radius 2 is 1.93 bits per heavy atom. The first-order valence-electron chi connectivity index (χ1n) is 9.98. The van der Waals surface area contributed by atoms with Crippen molar-refractivity contribution in [1.82, 2.24) is 14.9 Å². The molecule has 1 amide bonds. The van der Waals surface area contributed by atoms with Gasteiger partial charge in [-0.3, -0.25) is 4.79 Å². The largest absolute Gasteiger partial charge is 0.472 e. The van der Waals surface area contributed by atoms with Crippen molar-refractivity contribution in [2.45, 2.75) is 18.9 Å². The first-order chi connectivity index (χ1) is 14.2. The molecular formula is C21H26N4O4. The van der Waals surface area contributed by atoms with Gasteiger partial charge in [0.15, 0.2) is 0 Å². The Hall–Kier alpha value is -2.87. The first-order valence-corrected chi connectivity index (χ1v) is 9.98. The van der Waals surface area contributed by atoms with Gasteiger partial charge in [0.1, 0.15) is 6.10 Å². The molecule has 2 aromatic rings. The molecule has 1 aromatic heterocycles. The lowest BCUT2D eigenvalue weighted by molar-refractivity contribution is 0.0525. The van der Waals surface area contributed by atoms with Crippen LogP contribution in [0.5, 0.6) is 11.9 Å². The van der Waals surface area contributed by atoms with E-state index >= 15 is 0 Å². The summed E-state index contributed by atoms with van der Waals surface area (Å²) in [6, 6.07) is 9.83. The number of amides is 1. The molecule has 1 atom stereocenters. The van der Waals surface area contributed by atoms with E-state index in [4.69, 9.17) is 14.2 Å². The molecular weight excluding hydrogens is 372 g/mol. The van der Waals surface area contributed by atoms with Crippen molar-refractivity contribution in [2.75, 3.05) is 51.4 Å². The summed E-state index contributed by atoms with van der Waals surface area (Å²) >= 11 is 0. The molecule has 0 radical (unpaired) electrons. The van der Waals surface area contributed by atoms with Gasteiger partial charge >= 0.3 is 6.01 Å². The number of aromatic nitrogens is 2. The minimum atomic E-state index is -0.0973. The van der Waals surface area contributed by atoms with Crippen LogP contribution in [-0.4, -0.2) is 73.4 Å². The van der Waals surface area contributed by atoms with E-state index in [2.05, 4.69) is 14.9 Å². The SMILES string of the molecule is COc1nccc(OC2CCCN(C(=O)c3ccc(N4CCOCC4)cc3)C2)n1. The van der Waals surface area contributed by atoms with Crippen LogP contribution in [0.25, 0.3) is 0 Å². The van der Waals surface area contributed by atoms with E-state index in [0.717, 1.165) is 51.4 Å². The number of hydrogen-bond acceptors (Lipinski definition) is 7. The zero-order valence-electron chi connectivity index (χ0n) is 16.6. The quantitative estimate of drug-likeness (QED) is 0.762. The molecule has 4 rings (SSSR count). The van der Waals surface area contributed by atoms with Crippen molar-refractivity contribution in [3.05, 3.63) is 42.1 Å². The van der Waals surface area contributed by atoms with Crippen LogP contribution >= 0.6 is 0 Å². The molecule has 0 spiro atoms. The van der Waals surface area contributed by atoms with E-state index in [1.807, 2.05) is 29.2 Å². The van der Waals surface area contributed by atoms with Gasteiger partial charge in [-0.25, -0.2) is 4.98 Å². The van der Waals surface area contributed by atoms with E-state index in [0.29, 0.717) is 18.0 Å². The Labute approximate surface area is 170 Å². The number of rotatable bonds is 5. The van der Waals surface area contributed by atoms with Gasteiger partial charge in [0.2, 0.25) is 5.88 Å². The topological polar surface area (TPSA) is 77.0 Å². The number of carbonyl (C=O) groups is 1. The highest BCUT2D eigenvalue weighted by molar-refractivity contribution is 5.94. The van der Waals surface area contributed by atoms with Crippen molar-refractivity contribution < 1.29 is 19.0 Å². The van der Waals surface area contributed by atoms with E-state index in [9.17, 15) is 4.79 Å². The van der Waals surface area contributed by atoms with Gasteiger partial charge in [-0.1, -0.05) is 0 Å². The van der Waals surface area contributed by atoms with Gasteiger partial charge in [-0.05, 0) is 37.1 Å². The van der Waals surface area contributed by atoms with Crippen LogP contribution in [-0.2, 0) is 4.74 Å². The number of anilines is 1. The Kier molecular flexibility index (Phi) is 6.09. The summed E-state index contributed by atoms with van der Waals surface area (Å²) in [4.78, 5) is 25.3. The zero-order chi connectivity index (χ0) is 20.1. The number of benzene rings is 1. The number of carbonyl (C=O) groups excluding carboxylic acids is 1. The molecule has 0 N–H and O–H groups in total. The molecule has 8 heteroatoms. The van der Waals surface area contributed by atoms with Crippen LogP contribution in [0.3, 0.4) is 0 Å². The fourth-order valence-corrected chi connectivity index (χ4v) is 3.70. The summed E-state index contributed by atoms with van der Waals surface area (Å²) < 4.78 is 16.4. The van der Waals surface area contributed by atoms with Crippen LogP contribution in [0.2, 0.25) is 0 Å². The smallest absolute Gasteiger partial charge is 0.319 e. The van der Waals surface area contributed by atoms with Gasteiger partial charge in [0.25, 0.3) is 5.91 Å². The molecule has 1 aromatic carbocycles. The second-order valence-electron chi connectivity index (χ2n) is 7.16. The Balaban J connectivity index is 1.37. The summed E-state index contributed by atoms with van der Waals surface area (Å²) in [6.07, 6.45) is 3.28. The van der Waals surface area contributed by atoms with Gasteiger partial charge in [0, 0.05) is 43.1 Å². The van der Waals surface area contributed by atoms with Crippen molar-refractivity contribution >= 4 is 11.6 Å². The van der Waals surface area contributed by atoms with E-state index in [-0.39, 0.29) is 18.0 Å². The van der Waals surface area contributed by atoms with Crippen LogP contribution in [0.1, 0.15) is 23.2 Å². The van der Waals surface area contributed by atoms with Gasteiger partial charge in [-0.15, -0.1) is 0 Å². The maximum absolute atomic E-state index is 13.0. The molecule has 8 nitrogen and oxygen atoms in total. The molecule has 2 aliphatic heterocycles. The minimum Gasteiger partial charge on any atom is -0.472 e. The number of likely N-dealkylation sites (tertiary alicyclic amines) is 1. The second-order valence-corrected chi connectivity index (χ2v) is 7.16. The average molecular weight is 398 g/mol. The highest BCUT2D eigenvalue weighted by Gasteiger charge is 2.26. The van der Waals surface area contributed by atoms with Gasteiger partial charge < -0.3 is 24.0 Å². The third kappa shape index (κ3) is 4.76. The maximum atomic E-state index is 13.0. The van der Waals surface area contributed by atoms with Crippen molar-refractivity contribution in [2.24, 2.45) is 0 Å². The van der Waals surface area contributed by atoms with Crippen molar-refractivity contribution in [3.8, 4) is 11.9 Å². The predicted octanol–water partition coefficient (Wildman–Crippen LogP) is 2.01. The van der Waals surface area contributed by atoms with E-state index in [1.165, 1.54) is 7.11 Å². The fourth-order valence-electron chi connectivity index (χ4n) is 3.70. The molecule has 3 heterocycles. The lowest BCUT2D eigenvalue weighted by atomic mass is 10.1. The molecule has 0 bridgehead atoms.